The van der Waals surface area contributed by atoms with Crippen LogP contribution in [-0.2, 0) is 0 Å². The minimum atomic E-state index is 0.599. The Morgan fingerprint density at radius 1 is 0.407 bits per heavy atom. The van der Waals surface area contributed by atoms with E-state index in [0.717, 1.165) is 105 Å². The average Bonchev–Trinajstić information content (AvgIpc) is 3.98. The molecular weight excluding hydrogens is 663 g/mol. The zero-order valence-electron chi connectivity index (χ0n) is 28.7. The molecule has 0 N–H and O–H groups in total. The molecule has 12 rings (SSSR count). The Balaban J connectivity index is 1.07. The molecule has 0 saturated carbocycles. The third-order valence-electron chi connectivity index (χ3n) is 11.2. The lowest BCUT2D eigenvalue weighted by molar-refractivity contribution is 0.670. The summed E-state index contributed by atoms with van der Waals surface area (Å²) in [5.74, 6) is 0. The zero-order valence-corrected chi connectivity index (χ0v) is 28.7. The van der Waals surface area contributed by atoms with Gasteiger partial charge in [-0.15, -0.1) is 0 Å². The quantitative estimate of drug-likeness (QED) is 0.185. The number of nitriles is 1. The van der Waals surface area contributed by atoms with Gasteiger partial charge in [0.1, 0.15) is 17.2 Å². The van der Waals surface area contributed by atoms with Gasteiger partial charge in [0.25, 0.3) is 0 Å². The largest absolute Gasteiger partial charge is 0.454 e. The van der Waals surface area contributed by atoms with Gasteiger partial charge in [0, 0.05) is 54.3 Å². The van der Waals surface area contributed by atoms with Crippen LogP contribution in [0.4, 0.5) is 0 Å². The lowest BCUT2D eigenvalue weighted by Gasteiger charge is -2.14. The fourth-order valence-electron chi connectivity index (χ4n) is 8.85. The van der Waals surface area contributed by atoms with Gasteiger partial charge in [0.05, 0.1) is 33.3 Å². The molecule has 0 saturated heterocycles. The Bertz CT molecular complexity index is 3570. The van der Waals surface area contributed by atoms with E-state index >= 15 is 0 Å². The van der Waals surface area contributed by atoms with E-state index in [1.165, 1.54) is 5.39 Å². The van der Waals surface area contributed by atoms with E-state index in [1.807, 2.05) is 48.5 Å². The maximum absolute atomic E-state index is 10.9. The predicted molar refractivity (Wildman–Crippen MR) is 220 cm³/mol. The van der Waals surface area contributed by atoms with E-state index in [9.17, 15) is 5.26 Å². The lowest BCUT2D eigenvalue weighted by Crippen LogP contribution is -2.00. The van der Waals surface area contributed by atoms with Crippen molar-refractivity contribution >= 4 is 87.5 Å². The van der Waals surface area contributed by atoms with Crippen LogP contribution in [0.15, 0.2) is 173 Å². The molecule has 0 atom stereocenters. The summed E-state index contributed by atoms with van der Waals surface area (Å²) in [4.78, 5) is 0. The molecule has 0 spiro atoms. The Morgan fingerprint density at radius 2 is 0.907 bits per heavy atom. The van der Waals surface area contributed by atoms with E-state index < -0.39 is 0 Å². The number of fused-ring (bicyclic) bond motifs is 14. The highest BCUT2D eigenvalue weighted by molar-refractivity contribution is 6.23. The maximum atomic E-state index is 10.9. The monoisotopic (exact) mass is 689 g/mol. The third-order valence-corrected chi connectivity index (χ3v) is 11.2. The van der Waals surface area contributed by atoms with Crippen LogP contribution >= 0.6 is 0 Å². The zero-order chi connectivity index (χ0) is 35.5. The summed E-state index contributed by atoms with van der Waals surface area (Å²) in [6.45, 7) is 0. The van der Waals surface area contributed by atoms with Crippen LogP contribution in [0.5, 0.6) is 0 Å². The van der Waals surface area contributed by atoms with Gasteiger partial charge < -0.3 is 18.0 Å². The summed E-state index contributed by atoms with van der Waals surface area (Å²) >= 11 is 0. The first kappa shape index (κ1) is 29.1. The van der Waals surface area contributed by atoms with Gasteiger partial charge in [-0.1, -0.05) is 109 Å². The van der Waals surface area contributed by atoms with E-state index in [0.29, 0.717) is 5.56 Å². The summed E-state index contributed by atoms with van der Waals surface area (Å²) in [6, 6.07) is 59.3. The number of nitrogens with zero attached hydrogens (tertiary/aromatic N) is 3. The second kappa shape index (κ2) is 10.7. The summed E-state index contributed by atoms with van der Waals surface area (Å²) in [5, 5.41) is 19.8. The van der Waals surface area contributed by atoms with E-state index in [-0.39, 0.29) is 0 Å². The fraction of sp³-hybridized carbons (Fsp3) is 0. The van der Waals surface area contributed by atoms with E-state index in [1.54, 1.807) is 0 Å². The van der Waals surface area contributed by atoms with Gasteiger partial charge in [-0.25, -0.2) is 0 Å². The maximum Gasteiger partial charge on any atom is 0.160 e. The standard InChI is InChI=1S/C49H27N3O2/c50-28-40-31(14-9-17-43(40)52-42-16-6-2-11-33(42)37-25-27-39-35-13-4-8-19-45(35)54-49(39)47(37)52)29-20-22-30(23-21-29)51-41-15-5-1-10-32(41)36-24-26-38-34-12-3-7-18-44(34)53-48(38)46(36)51/h1-27H. The lowest BCUT2D eigenvalue weighted by atomic mass is 9.98. The Labute approximate surface area is 307 Å². The highest BCUT2D eigenvalue weighted by atomic mass is 16.3. The van der Waals surface area contributed by atoms with Crippen molar-refractivity contribution in [2.45, 2.75) is 0 Å². The summed E-state index contributed by atoms with van der Waals surface area (Å²) < 4.78 is 17.7. The molecule has 0 aliphatic heterocycles. The SMILES string of the molecule is N#Cc1c(-c2ccc(-n3c4ccccc4c4ccc5c6ccccc6oc5c43)cc2)cccc1-n1c2ccccc2c2ccc3c4ccccc4oc3c21. The molecule has 0 unspecified atom stereocenters. The second-order valence-electron chi connectivity index (χ2n) is 13.9. The van der Waals surface area contributed by atoms with E-state index in [2.05, 4.69) is 130 Å². The first-order chi connectivity index (χ1) is 26.8. The van der Waals surface area contributed by atoms with Gasteiger partial charge in [0.15, 0.2) is 11.2 Å². The molecule has 4 aromatic heterocycles. The number of rotatable bonds is 3. The van der Waals surface area contributed by atoms with Crippen molar-refractivity contribution in [3.63, 3.8) is 0 Å². The predicted octanol–water partition coefficient (Wildman–Crippen LogP) is 13.2. The van der Waals surface area contributed by atoms with Crippen LogP contribution in [0, 0.1) is 11.3 Å². The molecule has 4 heterocycles. The summed E-state index contributed by atoms with van der Waals surface area (Å²) in [7, 11) is 0. The second-order valence-corrected chi connectivity index (χ2v) is 13.9. The molecule has 0 fully saturated rings. The minimum absolute atomic E-state index is 0.599. The van der Waals surface area contributed by atoms with Crippen LogP contribution in [0.25, 0.3) is 110 Å². The Hall–Kier alpha value is -7.55. The molecule has 54 heavy (non-hydrogen) atoms. The van der Waals surface area contributed by atoms with Gasteiger partial charge in [-0.05, 0) is 60.2 Å². The molecule has 5 heteroatoms. The van der Waals surface area contributed by atoms with Gasteiger partial charge in [-0.2, -0.15) is 5.26 Å². The van der Waals surface area contributed by atoms with Crippen molar-refractivity contribution in [3.05, 3.63) is 169 Å². The molecule has 0 radical (unpaired) electrons. The van der Waals surface area contributed by atoms with Crippen molar-refractivity contribution in [1.82, 2.24) is 9.13 Å². The summed E-state index contributed by atoms with van der Waals surface area (Å²) in [6.07, 6.45) is 0. The van der Waals surface area contributed by atoms with Crippen LogP contribution in [0.2, 0.25) is 0 Å². The highest BCUT2D eigenvalue weighted by Crippen LogP contribution is 2.43. The topological polar surface area (TPSA) is 59.9 Å². The van der Waals surface area contributed by atoms with Gasteiger partial charge in [0.2, 0.25) is 0 Å². The summed E-state index contributed by atoms with van der Waals surface area (Å²) in [5.41, 5.74) is 11.8. The van der Waals surface area contributed by atoms with Gasteiger partial charge in [-0.3, -0.25) is 0 Å². The number of benzene rings is 8. The van der Waals surface area contributed by atoms with Crippen molar-refractivity contribution in [3.8, 4) is 28.6 Å². The number of aromatic nitrogens is 2. The molecule has 0 bridgehead atoms. The molecular formula is C49H27N3O2. The van der Waals surface area contributed by atoms with E-state index in [4.69, 9.17) is 8.83 Å². The van der Waals surface area contributed by atoms with Crippen molar-refractivity contribution in [2.75, 3.05) is 0 Å². The Kier molecular flexibility index (Phi) is 5.78. The smallest absolute Gasteiger partial charge is 0.160 e. The first-order valence-corrected chi connectivity index (χ1v) is 18.1. The molecule has 8 aromatic carbocycles. The number of furan rings is 2. The molecule has 0 aliphatic rings. The molecule has 0 aliphatic carbocycles. The van der Waals surface area contributed by atoms with Crippen LogP contribution < -0.4 is 0 Å². The van der Waals surface area contributed by atoms with Crippen LogP contribution in [0.3, 0.4) is 0 Å². The first-order valence-electron chi connectivity index (χ1n) is 18.1. The number of hydrogen-bond acceptors (Lipinski definition) is 3. The minimum Gasteiger partial charge on any atom is -0.454 e. The van der Waals surface area contributed by atoms with Crippen molar-refractivity contribution < 1.29 is 8.83 Å². The Morgan fingerprint density at radius 3 is 1.50 bits per heavy atom. The molecule has 0 amide bonds. The third kappa shape index (κ3) is 3.81. The molecule has 250 valence electrons. The van der Waals surface area contributed by atoms with Crippen molar-refractivity contribution in [2.24, 2.45) is 0 Å². The van der Waals surface area contributed by atoms with Crippen LogP contribution in [0.1, 0.15) is 5.56 Å². The van der Waals surface area contributed by atoms with Gasteiger partial charge >= 0.3 is 0 Å². The molecule has 12 aromatic rings. The number of hydrogen-bond donors (Lipinski definition) is 0. The highest BCUT2D eigenvalue weighted by Gasteiger charge is 2.23. The fourth-order valence-corrected chi connectivity index (χ4v) is 8.85. The molecule has 5 nitrogen and oxygen atoms in total. The average molecular weight is 690 g/mol. The normalized spacial score (nSPS) is 12.1. The number of para-hydroxylation sites is 4. The van der Waals surface area contributed by atoms with Crippen LogP contribution in [-0.4, -0.2) is 9.13 Å². The van der Waals surface area contributed by atoms with Crippen molar-refractivity contribution in [1.29, 1.82) is 5.26 Å².